The van der Waals surface area contributed by atoms with E-state index in [1.807, 2.05) is 57.2 Å². The maximum atomic E-state index is 12.8. The minimum absolute atomic E-state index is 0.0112. The molecule has 3 aromatic heterocycles. The second kappa shape index (κ2) is 11.8. The first-order valence-corrected chi connectivity index (χ1v) is 14.3. The number of nitrogens with one attached hydrogen (secondary N) is 3. The van der Waals surface area contributed by atoms with E-state index in [2.05, 4.69) is 40.4 Å². The van der Waals surface area contributed by atoms with Gasteiger partial charge >= 0.3 is 6.09 Å². The fourth-order valence-corrected chi connectivity index (χ4v) is 5.05. The molecule has 1 aromatic carbocycles. The largest absolute Gasteiger partial charge is 0.444 e. The highest BCUT2D eigenvalue weighted by Crippen LogP contribution is 2.27. The molecule has 0 atom stereocenters. The number of ether oxygens (including phenoxy) is 2. The summed E-state index contributed by atoms with van der Waals surface area (Å²) in [6.45, 7) is 9.66. The van der Waals surface area contributed by atoms with E-state index in [1.165, 1.54) is 0 Å². The van der Waals surface area contributed by atoms with Gasteiger partial charge in [0, 0.05) is 49.3 Å². The van der Waals surface area contributed by atoms with E-state index in [0.29, 0.717) is 49.2 Å². The molecule has 13 heteroatoms. The van der Waals surface area contributed by atoms with Crippen LogP contribution in [-0.2, 0) is 20.7 Å². The summed E-state index contributed by atoms with van der Waals surface area (Å²) < 4.78 is 10.8. The van der Waals surface area contributed by atoms with Crippen molar-refractivity contribution in [2.45, 2.75) is 38.8 Å². The molecule has 0 bridgehead atoms. The lowest BCUT2D eigenvalue weighted by molar-refractivity contribution is -0.115. The molecule has 13 nitrogen and oxygen atoms in total. The van der Waals surface area contributed by atoms with Crippen molar-refractivity contribution in [3.63, 3.8) is 0 Å². The predicted octanol–water partition coefficient (Wildman–Crippen LogP) is 3.15. The van der Waals surface area contributed by atoms with Gasteiger partial charge in [-0.05, 0) is 57.2 Å². The Hall–Kier alpha value is -4.78. The molecule has 0 spiro atoms. The first kappa shape index (κ1) is 28.3. The van der Waals surface area contributed by atoms with Crippen LogP contribution in [0.3, 0.4) is 0 Å². The van der Waals surface area contributed by atoms with Crippen molar-refractivity contribution in [2.24, 2.45) is 0 Å². The molecular formula is C30H35N9O4. The summed E-state index contributed by atoms with van der Waals surface area (Å²) in [4.78, 5) is 50.4. The number of carbonyl (C=O) groups is 2. The Morgan fingerprint density at radius 1 is 1.05 bits per heavy atom. The van der Waals surface area contributed by atoms with E-state index in [9.17, 15) is 9.59 Å². The number of pyridine rings is 1. The normalized spacial score (nSPS) is 15.7. The summed E-state index contributed by atoms with van der Waals surface area (Å²) in [5, 5.41) is 5.83. The summed E-state index contributed by atoms with van der Waals surface area (Å²) in [7, 11) is 0. The Bertz CT molecular complexity index is 1600. The molecule has 224 valence electrons. The third-order valence-electron chi connectivity index (χ3n) is 7.13. The van der Waals surface area contributed by atoms with Crippen molar-refractivity contribution in [1.29, 1.82) is 0 Å². The van der Waals surface area contributed by atoms with Crippen molar-refractivity contribution in [3.05, 3.63) is 54.6 Å². The maximum absolute atomic E-state index is 12.8. The predicted molar refractivity (Wildman–Crippen MR) is 162 cm³/mol. The monoisotopic (exact) mass is 585 g/mol. The van der Waals surface area contributed by atoms with E-state index >= 15 is 0 Å². The van der Waals surface area contributed by atoms with Gasteiger partial charge in [-0.25, -0.2) is 19.7 Å². The molecule has 0 saturated carbocycles. The van der Waals surface area contributed by atoms with Gasteiger partial charge in [0.1, 0.15) is 17.8 Å². The van der Waals surface area contributed by atoms with E-state index in [4.69, 9.17) is 14.5 Å². The Morgan fingerprint density at radius 3 is 2.56 bits per heavy atom. The zero-order valence-electron chi connectivity index (χ0n) is 24.5. The highest BCUT2D eigenvalue weighted by molar-refractivity contribution is 5.92. The molecule has 5 heterocycles. The van der Waals surface area contributed by atoms with Crippen LogP contribution in [0.4, 0.5) is 22.0 Å². The van der Waals surface area contributed by atoms with Crippen LogP contribution in [0.2, 0.25) is 0 Å². The third-order valence-corrected chi connectivity index (χ3v) is 7.13. The van der Waals surface area contributed by atoms with Crippen molar-refractivity contribution < 1.29 is 19.1 Å². The van der Waals surface area contributed by atoms with E-state index in [-0.39, 0.29) is 18.4 Å². The highest BCUT2D eigenvalue weighted by atomic mass is 16.6. The molecule has 4 aromatic rings. The van der Waals surface area contributed by atoms with Crippen LogP contribution < -0.4 is 20.4 Å². The first-order chi connectivity index (χ1) is 20.7. The molecule has 2 aliphatic rings. The van der Waals surface area contributed by atoms with E-state index in [1.54, 1.807) is 12.5 Å². The van der Waals surface area contributed by atoms with Gasteiger partial charge in [0.15, 0.2) is 17.0 Å². The molecule has 6 rings (SSSR count). The molecule has 0 radical (unpaired) electrons. The van der Waals surface area contributed by atoms with E-state index < -0.39 is 11.7 Å². The summed E-state index contributed by atoms with van der Waals surface area (Å²) in [6, 6.07) is 11.3. The number of morpholine rings is 1. The number of hydrogen-bond donors (Lipinski definition) is 3. The van der Waals surface area contributed by atoms with E-state index in [0.717, 1.165) is 35.7 Å². The number of benzene rings is 1. The molecular weight excluding hydrogens is 550 g/mol. The molecule has 0 unspecified atom stereocenters. The first-order valence-electron chi connectivity index (χ1n) is 14.3. The molecule has 0 aliphatic carbocycles. The van der Waals surface area contributed by atoms with Crippen molar-refractivity contribution in [1.82, 2.24) is 30.2 Å². The Labute approximate surface area is 249 Å². The van der Waals surface area contributed by atoms with Crippen LogP contribution in [-0.4, -0.2) is 88.0 Å². The third kappa shape index (κ3) is 6.83. The summed E-state index contributed by atoms with van der Waals surface area (Å²) in [5.74, 6) is 1.31. The number of aromatic amines is 1. The molecule has 43 heavy (non-hydrogen) atoms. The van der Waals surface area contributed by atoms with Gasteiger partial charge < -0.3 is 34.9 Å². The summed E-state index contributed by atoms with van der Waals surface area (Å²) >= 11 is 0. The molecule has 3 N–H and O–H groups in total. The number of anilines is 3. The van der Waals surface area contributed by atoms with Crippen molar-refractivity contribution in [2.75, 3.05) is 54.5 Å². The number of rotatable bonds is 7. The fraction of sp³-hybridized carbons (Fsp3) is 0.400. The van der Waals surface area contributed by atoms with Gasteiger partial charge in [0.2, 0.25) is 5.91 Å². The summed E-state index contributed by atoms with van der Waals surface area (Å²) in [6.07, 6.45) is 2.96. The molecule has 2 saturated heterocycles. The molecule has 2 fully saturated rings. The second-order valence-corrected chi connectivity index (χ2v) is 11.6. The number of fused-ring (bicyclic) bond motifs is 1. The van der Waals surface area contributed by atoms with Gasteiger partial charge in [-0.15, -0.1) is 0 Å². The van der Waals surface area contributed by atoms with Crippen LogP contribution in [0, 0.1) is 0 Å². The smallest absolute Gasteiger partial charge is 0.407 e. The lowest BCUT2D eigenvalue weighted by Crippen LogP contribution is -2.60. The average molecular weight is 586 g/mol. The Morgan fingerprint density at radius 2 is 1.81 bits per heavy atom. The van der Waals surface area contributed by atoms with Crippen LogP contribution in [0.1, 0.15) is 26.5 Å². The quantitative estimate of drug-likeness (QED) is 0.295. The van der Waals surface area contributed by atoms with Crippen LogP contribution >= 0.6 is 0 Å². The number of nitrogens with zero attached hydrogens (tertiary/aromatic N) is 6. The number of H-pyrrole nitrogens is 1. The second-order valence-electron chi connectivity index (χ2n) is 11.6. The van der Waals surface area contributed by atoms with Crippen molar-refractivity contribution in [3.8, 4) is 11.4 Å². The standard InChI is InChI=1S/C30H35N9O4/c1-30(2,3)43-29(41)35-22-16-39(17-22)23-8-9-31-21(14-23)15-24(40)34-20-6-4-19(5-7-20)26-36-25-27(37-26)32-18-33-28(25)38-10-12-42-13-11-38/h4-9,14,18,22H,10-13,15-17H2,1-3H3,(H,34,40)(H,35,41)(H,32,33,36,37). The number of amides is 2. The minimum Gasteiger partial charge on any atom is -0.444 e. The lowest BCUT2D eigenvalue weighted by atomic mass is 10.1. The molecule has 2 amide bonds. The van der Waals surface area contributed by atoms with Crippen LogP contribution in [0.15, 0.2) is 48.9 Å². The highest BCUT2D eigenvalue weighted by Gasteiger charge is 2.30. The summed E-state index contributed by atoms with van der Waals surface area (Å²) in [5.41, 5.74) is 4.02. The van der Waals surface area contributed by atoms with Crippen molar-refractivity contribution >= 4 is 40.4 Å². The lowest BCUT2D eigenvalue weighted by Gasteiger charge is -2.41. The van der Waals surface area contributed by atoms with Gasteiger partial charge in [-0.1, -0.05) is 0 Å². The average Bonchev–Trinajstić information content (AvgIpc) is 3.39. The molecule has 2 aliphatic heterocycles. The Kier molecular flexibility index (Phi) is 7.80. The Balaban J connectivity index is 1.04. The number of alkyl carbamates (subject to hydrolysis) is 1. The fourth-order valence-electron chi connectivity index (χ4n) is 5.05. The zero-order chi connectivity index (χ0) is 30.0. The van der Waals surface area contributed by atoms with Gasteiger partial charge in [0.25, 0.3) is 0 Å². The number of hydrogen-bond acceptors (Lipinski definition) is 10. The van der Waals surface area contributed by atoms with Gasteiger partial charge in [0.05, 0.1) is 31.4 Å². The van der Waals surface area contributed by atoms with Gasteiger partial charge in [-0.3, -0.25) is 9.78 Å². The number of imidazole rings is 1. The number of aromatic nitrogens is 5. The van der Waals surface area contributed by atoms with Crippen LogP contribution in [0.5, 0.6) is 0 Å². The SMILES string of the molecule is CC(C)(C)OC(=O)NC1CN(c2ccnc(CC(=O)Nc3ccc(-c4nc5c(N6CCOCC6)ncnc5[nH]4)cc3)c2)C1. The van der Waals surface area contributed by atoms with Gasteiger partial charge in [-0.2, -0.15) is 0 Å². The maximum Gasteiger partial charge on any atom is 0.407 e. The zero-order valence-corrected chi connectivity index (χ0v) is 24.5. The topological polar surface area (TPSA) is 150 Å². The van der Waals surface area contributed by atoms with Crippen LogP contribution in [0.25, 0.3) is 22.6 Å². The minimum atomic E-state index is -0.534. The number of carbonyl (C=O) groups excluding carboxylic acids is 2.